The van der Waals surface area contributed by atoms with Crippen molar-refractivity contribution in [1.29, 1.82) is 0 Å². The standard InChI is InChI=1S/C20H24N2O2S/c1-14-6-5-7-15(12-14)13-21-19(24)22(25)18(23)16-8-10-17(11-9-16)20(2,3)4/h5-12,25H,13H2,1-4H3,(H,21,24). The van der Waals surface area contributed by atoms with E-state index in [2.05, 4.69) is 38.9 Å². The highest BCUT2D eigenvalue weighted by Crippen LogP contribution is 2.22. The number of amides is 3. The lowest BCUT2D eigenvalue weighted by Gasteiger charge is -2.20. The van der Waals surface area contributed by atoms with Crippen molar-refractivity contribution < 1.29 is 9.59 Å². The summed E-state index contributed by atoms with van der Waals surface area (Å²) in [6.45, 7) is 8.64. The average molecular weight is 356 g/mol. The quantitative estimate of drug-likeness (QED) is 0.796. The Labute approximate surface area is 154 Å². The van der Waals surface area contributed by atoms with Gasteiger partial charge in [0.15, 0.2) is 0 Å². The Balaban J connectivity index is 2.00. The van der Waals surface area contributed by atoms with Gasteiger partial charge in [0, 0.05) is 12.1 Å². The van der Waals surface area contributed by atoms with E-state index in [1.54, 1.807) is 12.1 Å². The van der Waals surface area contributed by atoms with Crippen LogP contribution < -0.4 is 5.32 Å². The molecule has 0 saturated carbocycles. The van der Waals surface area contributed by atoms with Gasteiger partial charge in [-0.2, -0.15) is 0 Å². The molecular weight excluding hydrogens is 332 g/mol. The molecule has 2 rings (SSSR count). The summed E-state index contributed by atoms with van der Waals surface area (Å²) >= 11 is 4.05. The summed E-state index contributed by atoms with van der Waals surface area (Å²) in [5.74, 6) is -0.453. The Hall–Kier alpha value is -2.27. The fourth-order valence-corrected chi connectivity index (χ4v) is 2.59. The van der Waals surface area contributed by atoms with Crippen LogP contribution in [-0.4, -0.2) is 16.2 Å². The molecule has 2 aromatic rings. The molecule has 0 aliphatic carbocycles. The third kappa shape index (κ3) is 5.10. The SMILES string of the molecule is Cc1cccc(CNC(=O)N(S)C(=O)c2ccc(C(C)(C)C)cc2)c1. The molecular formula is C20H24N2O2S. The van der Waals surface area contributed by atoms with Gasteiger partial charge in [-0.15, -0.1) is 0 Å². The number of imide groups is 1. The van der Waals surface area contributed by atoms with Crippen molar-refractivity contribution in [2.45, 2.75) is 39.7 Å². The molecule has 132 valence electrons. The van der Waals surface area contributed by atoms with E-state index in [1.165, 1.54) is 0 Å². The molecule has 0 unspecified atom stereocenters. The van der Waals surface area contributed by atoms with Crippen LogP contribution >= 0.6 is 12.8 Å². The molecule has 0 bridgehead atoms. The van der Waals surface area contributed by atoms with Crippen LogP contribution in [0.3, 0.4) is 0 Å². The Morgan fingerprint density at radius 2 is 1.72 bits per heavy atom. The van der Waals surface area contributed by atoms with Crippen molar-refractivity contribution in [3.63, 3.8) is 0 Å². The van der Waals surface area contributed by atoms with Gasteiger partial charge in [0.2, 0.25) is 0 Å². The molecule has 0 atom stereocenters. The molecule has 0 aromatic heterocycles. The molecule has 0 spiro atoms. The minimum Gasteiger partial charge on any atom is -0.333 e. The number of nitrogens with zero attached hydrogens (tertiary/aromatic N) is 1. The van der Waals surface area contributed by atoms with Gasteiger partial charge in [0.1, 0.15) is 0 Å². The molecule has 0 fully saturated rings. The molecule has 4 nitrogen and oxygen atoms in total. The number of aryl methyl sites for hydroxylation is 1. The van der Waals surface area contributed by atoms with Gasteiger partial charge in [-0.3, -0.25) is 4.79 Å². The monoisotopic (exact) mass is 356 g/mol. The maximum Gasteiger partial charge on any atom is 0.334 e. The summed E-state index contributed by atoms with van der Waals surface area (Å²) in [5.41, 5.74) is 3.64. The summed E-state index contributed by atoms with van der Waals surface area (Å²) in [5, 5.41) is 2.70. The second-order valence-electron chi connectivity index (χ2n) is 7.09. The number of thiol groups is 1. The van der Waals surface area contributed by atoms with Gasteiger partial charge in [0.25, 0.3) is 5.91 Å². The summed E-state index contributed by atoms with van der Waals surface area (Å²) in [4.78, 5) is 24.6. The maximum absolute atomic E-state index is 12.4. The van der Waals surface area contributed by atoms with Gasteiger partial charge in [0.05, 0.1) is 0 Å². The van der Waals surface area contributed by atoms with Crippen LogP contribution in [0.25, 0.3) is 0 Å². The third-order valence-electron chi connectivity index (χ3n) is 3.91. The molecule has 0 aliphatic heterocycles. The zero-order chi connectivity index (χ0) is 18.6. The van der Waals surface area contributed by atoms with E-state index in [1.807, 2.05) is 43.3 Å². The maximum atomic E-state index is 12.4. The van der Waals surface area contributed by atoms with Crippen molar-refractivity contribution in [1.82, 2.24) is 9.62 Å². The fourth-order valence-electron chi connectivity index (χ4n) is 2.40. The number of carbonyl (C=O) groups excluding carboxylic acids is 2. The largest absolute Gasteiger partial charge is 0.334 e. The molecule has 2 aromatic carbocycles. The first kappa shape index (κ1) is 19.1. The lowest BCUT2D eigenvalue weighted by Crippen LogP contribution is -2.37. The zero-order valence-electron chi connectivity index (χ0n) is 15.0. The molecule has 5 heteroatoms. The predicted octanol–water partition coefficient (Wildman–Crippen LogP) is 4.49. The van der Waals surface area contributed by atoms with Crippen LogP contribution in [0, 0.1) is 6.92 Å². The van der Waals surface area contributed by atoms with Gasteiger partial charge >= 0.3 is 6.03 Å². The first-order valence-corrected chi connectivity index (χ1v) is 8.56. The van der Waals surface area contributed by atoms with E-state index < -0.39 is 11.9 Å². The van der Waals surface area contributed by atoms with Crippen molar-refractivity contribution in [2.75, 3.05) is 0 Å². The van der Waals surface area contributed by atoms with Gasteiger partial charge < -0.3 is 5.32 Å². The molecule has 0 heterocycles. The van der Waals surface area contributed by atoms with E-state index in [9.17, 15) is 9.59 Å². The lowest BCUT2D eigenvalue weighted by atomic mass is 9.87. The lowest BCUT2D eigenvalue weighted by molar-refractivity contribution is 0.0895. The minimum absolute atomic E-state index is 0.00736. The van der Waals surface area contributed by atoms with Gasteiger partial charge in [-0.25, -0.2) is 9.10 Å². The molecule has 25 heavy (non-hydrogen) atoms. The summed E-state index contributed by atoms with van der Waals surface area (Å²) in [6, 6.07) is 14.5. The highest BCUT2D eigenvalue weighted by Gasteiger charge is 2.20. The van der Waals surface area contributed by atoms with E-state index in [4.69, 9.17) is 0 Å². The Morgan fingerprint density at radius 3 is 2.28 bits per heavy atom. The van der Waals surface area contributed by atoms with E-state index in [0.29, 0.717) is 12.1 Å². The summed E-state index contributed by atoms with van der Waals surface area (Å²) < 4.78 is 0.807. The van der Waals surface area contributed by atoms with Crippen molar-refractivity contribution >= 4 is 24.8 Å². The van der Waals surface area contributed by atoms with Gasteiger partial charge in [-0.05, 0) is 35.6 Å². The highest BCUT2D eigenvalue weighted by atomic mass is 32.1. The Kier molecular flexibility index (Phi) is 5.90. The topological polar surface area (TPSA) is 49.4 Å². The molecule has 0 saturated heterocycles. The Bertz CT molecular complexity index is 764. The number of nitrogens with one attached hydrogen (secondary N) is 1. The second kappa shape index (κ2) is 7.74. The first-order chi connectivity index (χ1) is 11.7. The fraction of sp³-hybridized carbons (Fsp3) is 0.300. The van der Waals surface area contributed by atoms with E-state index >= 15 is 0 Å². The van der Waals surface area contributed by atoms with Crippen LogP contribution in [0.5, 0.6) is 0 Å². The zero-order valence-corrected chi connectivity index (χ0v) is 15.9. The molecule has 0 aliphatic rings. The average Bonchev–Trinajstić information content (AvgIpc) is 2.58. The molecule has 1 N–H and O–H groups in total. The number of urea groups is 1. The minimum atomic E-state index is -0.547. The normalized spacial score (nSPS) is 11.1. The van der Waals surface area contributed by atoms with Crippen LogP contribution in [0.15, 0.2) is 48.5 Å². The van der Waals surface area contributed by atoms with Crippen LogP contribution in [0.4, 0.5) is 4.79 Å². The number of hydrogen-bond acceptors (Lipinski definition) is 3. The number of benzene rings is 2. The number of carbonyl (C=O) groups is 2. The second-order valence-corrected chi connectivity index (χ2v) is 7.49. The number of hydrogen-bond donors (Lipinski definition) is 2. The highest BCUT2D eigenvalue weighted by molar-refractivity contribution is 7.79. The molecule has 3 amide bonds. The Morgan fingerprint density at radius 1 is 1.08 bits per heavy atom. The van der Waals surface area contributed by atoms with Crippen LogP contribution in [0.1, 0.15) is 47.8 Å². The first-order valence-electron chi connectivity index (χ1n) is 8.16. The molecule has 0 radical (unpaired) electrons. The predicted molar refractivity (Wildman–Crippen MR) is 104 cm³/mol. The van der Waals surface area contributed by atoms with Crippen LogP contribution in [-0.2, 0) is 12.0 Å². The third-order valence-corrected chi connectivity index (χ3v) is 4.27. The summed E-state index contributed by atoms with van der Waals surface area (Å²) in [7, 11) is 0. The van der Waals surface area contributed by atoms with Crippen molar-refractivity contribution in [2.24, 2.45) is 0 Å². The van der Waals surface area contributed by atoms with E-state index in [-0.39, 0.29) is 5.41 Å². The van der Waals surface area contributed by atoms with Crippen LogP contribution in [0.2, 0.25) is 0 Å². The summed E-state index contributed by atoms with van der Waals surface area (Å²) in [6.07, 6.45) is 0. The van der Waals surface area contributed by atoms with Crippen molar-refractivity contribution in [3.05, 3.63) is 70.8 Å². The van der Waals surface area contributed by atoms with Gasteiger partial charge in [-0.1, -0.05) is 75.5 Å². The van der Waals surface area contributed by atoms with Crippen molar-refractivity contribution in [3.8, 4) is 0 Å². The smallest absolute Gasteiger partial charge is 0.333 e. The number of rotatable bonds is 3. The van der Waals surface area contributed by atoms with E-state index in [0.717, 1.165) is 21.0 Å².